The highest BCUT2D eigenvalue weighted by molar-refractivity contribution is 5.81. The number of benzene rings is 1. The van der Waals surface area contributed by atoms with E-state index in [-0.39, 0.29) is 12.3 Å². The molecule has 0 bridgehead atoms. The van der Waals surface area contributed by atoms with Crippen LogP contribution in [0, 0.1) is 19.3 Å². The van der Waals surface area contributed by atoms with Crippen molar-refractivity contribution in [3.8, 4) is 18.1 Å². The summed E-state index contributed by atoms with van der Waals surface area (Å²) in [6, 6.07) is 7.08. The van der Waals surface area contributed by atoms with Crippen molar-refractivity contribution in [3.05, 3.63) is 29.8 Å². The van der Waals surface area contributed by atoms with Gasteiger partial charge in [0.25, 0.3) is 0 Å². The molecule has 96 valence electrons. The van der Waals surface area contributed by atoms with Crippen LogP contribution in [0.15, 0.2) is 24.3 Å². The molecule has 3 N–H and O–H groups in total. The molecule has 0 saturated heterocycles. The number of carbonyl (C=O) groups is 1. The minimum Gasteiger partial charge on any atom is -0.492 e. The van der Waals surface area contributed by atoms with Crippen LogP contribution in [0.5, 0.6) is 5.75 Å². The Balaban J connectivity index is 2.23. The molecule has 0 radical (unpaired) electrons. The van der Waals surface area contributed by atoms with Crippen molar-refractivity contribution in [3.63, 3.8) is 0 Å². The number of hydrogen-bond donors (Lipinski definition) is 2. The van der Waals surface area contributed by atoms with Gasteiger partial charge in [-0.05, 0) is 24.6 Å². The second-order valence-corrected chi connectivity index (χ2v) is 3.97. The van der Waals surface area contributed by atoms with E-state index in [1.165, 1.54) is 0 Å². The lowest BCUT2D eigenvalue weighted by molar-refractivity contribution is -0.122. The Morgan fingerprint density at radius 2 is 2.39 bits per heavy atom. The van der Waals surface area contributed by atoms with Crippen molar-refractivity contribution in [2.75, 3.05) is 13.2 Å². The van der Waals surface area contributed by atoms with Crippen molar-refractivity contribution in [2.45, 2.75) is 19.4 Å². The molecule has 0 heterocycles. The van der Waals surface area contributed by atoms with Gasteiger partial charge in [0.2, 0.25) is 5.91 Å². The fraction of sp³-hybridized carbons (Fsp3) is 0.357. The molecule has 1 amide bonds. The van der Waals surface area contributed by atoms with E-state index >= 15 is 0 Å². The standard InChI is InChI=1S/C14H18N2O2/c1-3-5-13(15)14(17)16-8-9-18-12-7-4-6-11(2)10-12/h1,4,6-7,10,13H,5,8-9,15H2,2H3,(H,16,17). The molecule has 1 aromatic carbocycles. The Hall–Kier alpha value is -1.99. The molecular weight excluding hydrogens is 228 g/mol. The molecule has 0 spiro atoms. The van der Waals surface area contributed by atoms with Gasteiger partial charge in [-0.1, -0.05) is 12.1 Å². The van der Waals surface area contributed by atoms with E-state index in [0.717, 1.165) is 11.3 Å². The average molecular weight is 246 g/mol. The Kier molecular flexibility index (Phi) is 5.75. The summed E-state index contributed by atoms with van der Waals surface area (Å²) in [6.45, 7) is 2.80. The quantitative estimate of drug-likeness (QED) is 0.577. The van der Waals surface area contributed by atoms with Crippen molar-refractivity contribution >= 4 is 5.91 Å². The summed E-state index contributed by atoms with van der Waals surface area (Å²) in [6.07, 6.45) is 5.32. The van der Waals surface area contributed by atoms with Crippen LogP contribution in [0.2, 0.25) is 0 Å². The predicted octanol–water partition coefficient (Wildman–Crippen LogP) is 0.841. The maximum absolute atomic E-state index is 11.4. The average Bonchev–Trinajstić information content (AvgIpc) is 2.35. The molecule has 4 heteroatoms. The van der Waals surface area contributed by atoms with Crippen LogP contribution < -0.4 is 15.8 Å². The number of hydrogen-bond acceptors (Lipinski definition) is 3. The van der Waals surface area contributed by atoms with Crippen LogP contribution in [0.1, 0.15) is 12.0 Å². The largest absolute Gasteiger partial charge is 0.492 e. The third-order valence-electron chi connectivity index (χ3n) is 2.33. The predicted molar refractivity (Wildman–Crippen MR) is 71.1 cm³/mol. The highest BCUT2D eigenvalue weighted by atomic mass is 16.5. The number of nitrogens with one attached hydrogen (secondary N) is 1. The Bertz CT molecular complexity index is 438. The van der Waals surface area contributed by atoms with Gasteiger partial charge in [0, 0.05) is 6.42 Å². The number of aryl methyl sites for hydroxylation is 1. The van der Waals surface area contributed by atoms with E-state index in [0.29, 0.717) is 13.2 Å². The van der Waals surface area contributed by atoms with Crippen LogP contribution in [0.4, 0.5) is 0 Å². The van der Waals surface area contributed by atoms with E-state index in [1.54, 1.807) is 0 Å². The van der Waals surface area contributed by atoms with Gasteiger partial charge in [-0.3, -0.25) is 4.79 Å². The van der Waals surface area contributed by atoms with Gasteiger partial charge in [0.05, 0.1) is 12.6 Å². The van der Waals surface area contributed by atoms with E-state index in [2.05, 4.69) is 11.2 Å². The number of terminal acetylenes is 1. The van der Waals surface area contributed by atoms with Gasteiger partial charge < -0.3 is 15.8 Å². The van der Waals surface area contributed by atoms with Gasteiger partial charge in [-0.15, -0.1) is 12.3 Å². The summed E-state index contributed by atoms with van der Waals surface area (Å²) in [5.74, 6) is 2.89. The first kappa shape index (κ1) is 14.1. The summed E-state index contributed by atoms with van der Waals surface area (Å²) in [5.41, 5.74) is 6.68. The molecule has 0 aliphatic rings. The molecule has 1 unspecified atom stereocenters. The Morgan fingerprint density at radius 3 is 3.06 bits per heavy atom. The van der Waals surface area contributed by atoms with E-state index in [9.17, 15) is 4.79 Å². The fourth-order valence-corrected chi connectivity index (χ4v) is 1.40. The lowest BCUT2D eigenvalue weighted by Crippen LogP contribution is -2.41. The maximum Gasteiger partial charge on any atom is 0.238 e. The minimum atomic E-state index is -0.644. The lowest BCUT2D eigenvalue weighted by atomic mass is 10.2. The van der Waals surface area contributed by atoms with E-state index in [1.807, 2.05) is 31.2 Å². The second kappa shape index (κ2) is 7.36. The third kappa shape index (κ3) is 4.89. The zero-order valence-electron chi connectivity index (χ0n) is 10.5. The molecule has 1 atom stereocenters. The topological polar surface area (TPSA) is 64.4 Å². The van der Waals surface area contributed by atoms with Gasteiger partial charge in [0.15, 0.2) is 0 Å². The summed E-state index contributed by atoms with van der Waals surface area (Å²) in [7, 11) is 0. The van der Waals surface area contributed by atoms with Gasteiger partial charge in [-0.2, -0.15) is 0 Å². The first-order valence-corrected chi connectivity index (χ1v) is 5.79. The highest BCUT2D eigenvalue weighted by Gasteiger charge is 2.10. The van der Waals surface area contributed by atoms with E-state index in [4.69, 9.17) is 16.9 Å². The lowest BCUT2D eigenvalue weighted by Gasteiger charge is -2.10. The summed E-state index contributed by atoms with van der Waals surface area (Å²) >= 11 is 0. The zero-order chi connectivity index (χ0) is 13.4. The van der Waals surface area contributed by atoms with Crippen molar-refractivity contribution in [1.82, 2.24) is 5.32 Å². The number of amides is 1. The van der Waals surface area contributed by atoms with Crippen LogP contribution in [0.25, 0.3) is 0 Å². The summed E-state index contributed by atoms with van der Waals surface area (Å²) < 4.78 is 5.48. The normalized spacial score (nSPS) is 11.4. The molecule has 0 fully saturated rings. The molecular formula is C14H18N2O2. The molecule has 4 nitrogen and oxygen atoms in total. The van der Waals surface area contributed by atoms with Crippen LogP contribution in [-0.4, -0.2) is 25.1 Å². The summed E-state index contributed by atoms with van der Waals surface area (Å²) in [4.78, 5) is 11.4. The monoisotopic (exact) mass is 246 g/mol. The molecule has 0 aromatic heterocycles. The Labute approximate surface area is 108 Å². The molecule has 1 rings (SSSR count). The maximum atomic E-state index is 11.4. The van der Waals surface area contributed by atoms with E-state index < -0.39 is 6.04 Å². The van der Waals surface area contributed by atoms with Crippen molar-refractivity contribution < 1.29 is 9.53 Å². The van der Waals surface area contributed by atoms with Crippen molar-refractivity contribution in [2.24, 2.45) is 5.73 Å². The second-order valence-electron chi connectivity index (χ2n) is 3.97. The number of rotatable bonds is 6. The third-order valence-corrected chi connectivity index (χ3v) is 2.33. The molecule has 0 aliphatic heterocycles. The van der Waals surface area contributed by atoms with Crippen molar-refractivity contribution in [1.29, 1.82) is 0 Å². The number of nitrogens with two attached hydrogens (primary N) is 1. The molecule has 1 aromatic rings. The fourth-order valence-electron chi connectivity index (χ4n) is 1.40. The smallest absolute Gasteiger partial charge is 0.238 e. The Morgan fingerprint density at radius 1 is 1.61 bits per heavy atom. The summed E-state index contributed by atoms with van der Waals surface area (Å²) in [5, 5.41) is 2.67. The number of ether oxygens (including phenoxy) is 1. The zero-order valence-corrected chi connectivity index (χ0v) is 10.5. The van der Waals surface area contributed by atoms with Gasteiger partial charge >= 0.3 is 0 Å². The first-order chi connectivity index (χ1) is 8.63. The van der Waals surface area contributed by atoms with Crippen LogP contribution >= 0.6 is 0 Å². The minimum absolute atomic E-state index is 0.241. The van der Waals surface area contributed by atoms with Gasteiger partial charge in [-0.25, -0.2) is 0 Å². The SMILES string of the molecule is C#CCC(N)C(=O)NCCOc1cccc(C)c1. The molecule has 0 aliphatic carbocycles. The molecule has 18 heavy (non-hydrogen) atoms. The highest BCUT2D eigenvalue weighted by Crippen LogP contribution is 2.11. The number of carbonyl (C=O) groups excluding carboxylic acids is 1. The molecule has 0 saturated carbocycles. The first-order valence-electron chi connectivity index (χ1n) is 5.79. The van der Waals surface area contributed by atoms with Gasteiger partial charge in [0.1, 0.15) is 12.4 Å². The van der Waals surface area contributed by atoms with Crippen LogP contribution in [-0.2, 0) is 4.79 Å². The van der Waals surface area contributed by atoms with Crippen LogP contribution in [0.3, 0.4) is 0 Å².